The van der Waals surface area contributed by atoms with Crippen molar-refractivity contribution in [2.24, 2.45) is 0 Å². The molecule has 4 rings (SSSR count). The summed E-state index contributed by atoms with van der Waals surface area (Å²) < 4.78 is 0. The van der Waals surface area contributed by atoms with Gasteiger partial charge in [-0.3, -0.25) is 9.59 Å². The summed E-state index contributed by atoms with van der Waals surface area (Å²) in [4.78, 5) is 31.5. The first-order valence-electron chi connectivity index (χ1n) is 10.4. The van der Waals surface area contributed by atoms with Crippen molar-refractivity contribution in [1.82, 2.24) is 10.3 Å². The summed E-state index contributed by atoms with van der Waals surface area (Å²) in [6, 6.07) is 12.0. The van der Waals surface area contributed by atoms with Crippen LogP contribution in [-0.2, 0) is 15.0 Å². The molecule has 1 aliphatic heterocycles. The van der Waals surface area contributed by atoms with Crippen molar-refractivity contribution in [3.63, 3.8) is 0 Å². The highest BCUT2D eigenvalue weighted by atomic mass is 16.2. The maximum Gasteiger partial charge on any atom is 0.239 e. The van der Waals surface area contributed by atoms with Gasteiger partial charge in [-0.25, -0.2) is 4.98 Å². The van der Waals surface area contributed by atoms with Crippen LogP contribution < -0.4 is 15.5 Å². The number of aryl methyl sites for hydroxylation is 1. The summed E-state index contributed by atoms with van der Waals surface area (Å²) in [5, 5.41) is 5.93. The van der Waals surface area contributed by atoms with E-state index in [1.165, 1.54) is 12.0 Å². The van der Waals surface area contributed by atoms with Crippen LogP contribution in [0.4, 0.5) is 11.5 Å². The minimum Gasteiger partial charge on any atom is -0.353 e. The molecule has 6 nitrogen and oxygen atoms in total. The summed E-state index contributed by atoms with van der Waals surface area (Å²) in [5.41, 5.74) is 2.52. The highest BCUT2D eigenvalue weighted by Crippen LogP contribution is 2.41. The number of nitrogens with one attached hydrogen (secondary N) is 2. The number of hydrogen-bond acceptors (Lipinski definition) is 4. The van der Waals surface area contributed by atoms with Crippen LogP contribution in [-0.4, -0.2) is 36.4 Å². The molecule has 2 aliphatic rings. The third kappa shape index (κ3) is 3.97. The molecule has 0 atom stereocenters. The Morgan fingerprint density at radius 3 is 2.62 bits per heavy atom. The molecule has 1 aliphatic carbocycles. The van der Waals surface area contributed by atoms with Gasteiger partial charge in [0.05, 0.1) is 23.8 Å². The minimum atomic E-state index is -0.479. The molecular formula is C23H28N4O2. The summed E-state index contributed by atoms with van der Waals surface area (Å²) in [7, 11) is 0. The summed E-state index contributed by atoms with van der Waals surface area (Å²) in [6.45, 7) is 3.76. The number of anilines is 2. The molecule has 29 heavy (non-hydrogen) atoms. The number of pyridine rings is 1. The summed E-state index contributed by atoms with van der Waals surface area (Å²) in [5.74, 6) is 0.815. The number of aromatic nitrogens is 1. The van der Waals surface area contributed by atoms with Crippen molar-refractivity contribution >= 4 is 23.3 Å². The largest absolute Gasteiger partial charge is 0.353 e. The first-order valence-corrected chi connectivity index (χ1v) is 10.4. The van der Waals surface area contributed by atoms with Crippen LogP contribution in [0.3, 0.4) is 0 Å². The van der Waals surface area contributed by atoms with Gasteiger partial charge >= 0.3 is 0 Å². The van der Waals surface area contributed by atoms with Crippen molar-refractivity contribution in [1.29, 1.82) is 0 Å². The molecular weight excluding hydrogens is 364 g/mol. The Kier molecular flexibility index (Phi) is 5.51. The summed E-state index contributed by atoms with van der Waals surface area (Å²) in [6.07, 6.45) is 6.75. The molecule has 2 heterocycles. The minimum absolute atomic E-state index is 0.00732. The fourth-order valence-electron chi connectivity index (χ4n) is 4.62. The Bertz CT molecular complexity index is 888. The lowest BCUT2D eigenvalue weighted by molar-refractivity contribution is -0.123. The predicted molar refractivity (Wildman–Crippen MR) is 114 cm³/mol. The van der Waals surface area contributed by atoms with E-state index in [-0.39, 0.29) is 11.8 Å². The molecule has 2 fully saturated rings. The van der Waals surface area contributed by atoms with Crippen LogP contribution in [0.5, 0.6) is 0 Å². The second-order valence-corrected chi connectivity index (χ2v) is 8.09. The normalized spacial score (nSPS) is 18.8. The van der Waals surface area contributed by atoms with Crippen molar-refractivity contribution in [3.8, 4) is 0 Å². The molecule has 0 bridgehead atoms. The number of carbonyl (C=O) groups excluding carboxylic acids is 2. The van der Waals surface area contributed by atoms with Crippen LogP contribution in [0, 0.1) is 6.92 Å². The van der Waals surface area contributed by atoms with Gasteiger partial charge in [0.2, 0.25) is 11.8 Å². The van der Waals surface area contributed by atoms with Crippen LogP contribution >= 0.6 is 0 Å². The van der Waals surface area contributed by atoms with E-state index in [0.717, 1.165) is 43.6 Å². The smallest absolute Gasteiger partial charge is 0.239 e. The molecule has 0 radical (unpaired) electrons. The molecule has 1 aromatic heterocycles. The lowest BCUT2D eigenvalue weighted by atomic mass is 9.67. The van der Waals surface area contributed by atoms with Gasteiger partial charge in [-0.2, -0.15) is 0 Å². The van der Waals surface area contributed by atoms with E-state index in [1.807, 2.05) is 29.2 Å². The third-order valence-electron chi connectivity index (χ3n) is 6.17. The molecule has 6 heteroatoms. The van der Waals surface area contributed by atoms with Crippen LogP contribution in [0.15, 0.2) is 42.6 Å². The molecule has 1 saturated carbocycles. The van der Waals surface area contributed by atoms with Crippen LogP contribution in [0.2, 0.25) is 0 Å². The Morgan fingerprint density at radius 1 is 1.14 bits per heavy atom. The highest BCUT2D eigenvalue weighted by molar-refractivity contribution is 5.99. The zero-order chi connectivity index (χ0) is 20.3. The van der Waals surface area contributed by atoms with E-state index >= 15 is 0 Å². The Hall–Kier alpha value is -2.89. The molecule has 152 valence electrons. The second kappa shape index (κ2) is 8.23. The highest BCUT2D eigenvalue weighted by Gasteiger charge is 2.42. The lowest BCUT2D eigenvalue weighted by Gasteiger charge is -2.37. The van der Waals surface area contributed by atoms with E-state index in [9.17, 15) is 9.59 Å². The number of amides is 2. The Morgan fingerprint density at radius 2 is 1.93 bits per heavy atom. The average molecular weight is 393 g/mol. The Balaban J connectivity index is 1.54. The van der Waals surface area contributed by atoms with E-state index < -0.39 is 5.41 Å². The van der Waals surface area contributed by atoms with Crippen LogP contribution in [0.1, 0.15) is 43.2 Å². The van der Waals surface area contributed by atoms with E-state index in [1.54, 1.807) is 6.20 Å². The number of rotatable bonds is 4. The van der Waals surface area contributed by atoms with Gasteiger partial charge in [-0.05, 0) is 43.0 Å². The number of benzene rings is 1. The third-order valence-corrected chi connectivity index (χ3v) is 6.17. The molecule has 0 unspecified atom stereocenters. The summed E-state index contributed by atoms with van der Waals surface area (Å²) >= 11 is 0. The number of hydrogen-bond donors (Lipinski definition) is 2. The molecule has 0 spiro atoms. The first-order chi connectivity index (χ1) is 14.1. The van der Waals surface area contributed by atoms with Gasteiger partial charge in [-0.1, -0.05) is 43.5 Å². The van der Waals surface area contributed by atoms with Gasteiger partial charge in [0.1, 0.15) is 5.82 Å². The van der Waals surface area contributed by atoms with Crippen LogP contribution in [0.25, 0.3) is 0 Å². The number of nitrogens with zero attached hydrogens (tertiary/aromatic N) is 2. The van der Waals surface area contributed by atoms with Gasteiger partial charge in [0.15, 0.2) is 0 Å². The van der Waals surface area contributed by atoms with Crippen molar-refractivity contribution < 1.29 is 9.59 Å². The maximum atomic E-state index is 13.5. The molecule has 1 saturated heterocycles. The standard InChI is InChI=1S/C23H28N4O2/c1-17-7-3-4-8-19(17)23(11-5-2-6-12-23)22(29)26-18-9-10-20(25-15-18)27-14-13-24-21(28)16-27/h3-4,7-10,15H,2,5-6,11-14,16H2,1H3,(H,24,28)(H,26,29). The number of piperazine rings is 1. The van der Waals surface area contributed by atoms with Crippen molar-refractivity contribution in [2.75, 3.05) is 29.9 Å². The molecule has 1 aromatic carbocycles. The van der Waals surface area contributed by atoms with Gasteiger partial charge in [0, 0.05) is 13.1 Å². The molecule has 2 N–H and O–H groups in total. The second-order valence-electron chi connectivity index (χ2n) is 8.09. The maximum absolute atomic E-state index is 13.5. The van der Waals surface area contributed by atoms with E-state index in [2.05, 4.69) is 34.7 Å². The lowest BCUT2D eigenvalue weighted by Crippen LogP contribution is -2.48. The van der Waals surface area contributed by atoms with Crippen molar-refractivity contribution in [2.45, 2.75) is 44.4 Å². The quantitative estimate of drug-likeness (QED) is 0.838. The zero-order valence-electron chi connectivity index (χ0n) is 16.9. The Labute approximate surface area is 171 Å². The first kappa shape index (κ1) is 19.4. The average Bonchev–Trinajstić information content (AvgIpc) is 2.75. The molecule has 2 amide bonds. The predicted octanol–water partition coefficient (Wildman–Crippen LogP) is 3.17. The fraction of sp³-hybridized carbons (Fsp3) is 0.435. The monoisotopic (exact) mass is 392 g/mol. The molecule has 2 aromatic rings. The van der Waals surface area contributed by atoms with Crippen molar-refractivity contribution in [3.05, 3.63) is 53.7 Å². The van der Waals surface area contributed by atoms with Gasteiger partial charge in [0.25, 0.3) is 0 Å². The van der Waals surface area contributed by atoms with E-state index in [4.69, 9.17) is 0 Å². The zero-order valence-corrected chi connectivity index (χ0v) is 16.9. The topological polar surface area (TPSA) is 74.3 Å². The van der Waals surface area contributed by atoms with Gasteiger partial charge < -0.3 is 15.5 Å². The number of carbonyl (C=O) groups is 2. The van der Waals surface area contributed by atoms with E-state index in [0.29, 0.717) is 18.8 Å². The SMILES string of the molecule is Cc1ccccc1C1(C(=O)Nc2ccc(N3CCNC(=O)C3)nc2)CCCCC1. The van der Waals surface area contributed by atoms with Gasteiger partial charge in [-0.15, -0.1) is 0 Å². The fourth-order valence-corrected chi connectivity index (χ4v) is 4.62.